The van der Waals surface area contributed by atoms with Crippen molar-refractivity contribution in [2.75, 3.05) is 0 Å². The van der Waals surface area contributed by atoms with Gasteiger partial charge in [0.05, 0.1) is 4.83 Å². The first-order valence-electron chi connectivity index (χ1n) is 4.93. The number of carbonyl (C=O) groups is 1. The Morgan fingerprint density at radius 1 is 1.47 bits per heavy atom. The highest BCUT2D eigenvalue weighted by Gasteiger charge is 2.18. The SMILES string of the molecule is CCc1cccc(CCl)c1C(Br)C(C)=O. The molecule has 0 bridgehead atoms. The molecule has 0 saturated carbocycles. The van der Waals surface area contributed by atoms with E-state index in [2.05, 4.69) is 22.9 Å². The van der Waals surface area contributed by atoms with Crippen LogP contribution in [0.25, 0.3) is 0 Å². The van der Waals surface area contributed by atoms with Gasteiger partial charge in [-0.25, -0.2) is 0 Å². The molecule has 1 unspecified atom stereocenters. The monoisotopic (exact) mass is 288 g/mol. The van der Waals surface area contributed by atoms with Gasteiger partial charge in [0.25, 0.3) is 0 Å². The van der Waals surface area contributed by atoms with E-state index in [4.69, 9.17) is 11.6 Å². The minimum Gasteiger partial charge on any atom is -0.298 e. The highest BCUT2D eigenvalue weighted by Crippen LogP contribution is 2.31. The van der Waals surface area contributed by atoms with Crippen molar-refractivity contribution in [3.8, 4) is 0 Å². The summed E-state index contributed by atoms with van der Waals surface area (Å²) in [7, 11) is 0. The molecule has 1 atom stereocenters. The van der Waals surface area contributed by atoms with Crippen molar-refractivity contribution in [1.29, 1.82) is 0 Å². The van der Waals surface area contributed by atoms with E-state index in [1.165, 1.54) is 5.56 Å². The lowest BCUT2D eigenvalue weighted by atomic mass is 9.96. The van der Waals surface area contributed by atoms with Crippen LogP contribution in [0.5, 0.6) is 0 Å². The average Bonchev–Trinajstić information content (AvgIpc) is 2.26. The number of alkyl halides is 2. The number of halogens is 2. The maximum atomic E-state index is 11.4. The normalized spacial score (nSPS) is 12.5. The zero-order chi connectivity index (χ0) is 11.4. The maximum Gasteiger partial charge on any atom is 0.147 e. The Hall–Kier alpha value is -0.340. The molecule has 0 aliphatic rings. The molecule has 0 aliphatic carbocycles. The predicted octanol–water partition coefficient (Wildman–Crippen LogP) is 4.01. The van der Waals surface area contributed by atoms with E-state index < -0.39 is 0 Å². The minimum atomic E-state index is -0.234. The number of rotatable bonds is 4. The van der Waals surface area contributed by atoms with Crippen LogP contribution in [-0.2, 0) is 17.1 Å². The van der Waals surface area contributed by atoms with Crippen molar-refractivity contribution >= 4 is 33.3 Å². The quantitative estimate of drug-likeness (QED) is 0.765. The molecule has 1 aromatic rings. The Morgan fingerprint density at radius 2 is 2.07 bits per heavy atom. The van der Waals surface area contributed by atoms with E-state index in [1.54, 1.807) is 6.92 Å². The molecule has 0 spiro atoms. The number of aryl methyl sites for hydroxylation is 1. The molecule has 0 heterocycles. The first kappa shape index (κ1) is 12.7. The molecule has 1 rings (SSSR count). The fraction of sp³-hybridized carbons (Fsp3) is 0.417. The highest BCUT2D eigenvalue weighted by atomic mass is 79.9. The smallest absolute Gasteiger partial charge is 0.147 e. The Balaban J connectivity index is 3.27. The van der Waals surface area contributed by atoms with Crippen LogP contribution < -0.4 is 0 Å². The van der Waals surface area contributed by atoms with Crippen LogP contribution in [0.15, 0.2) is 18.2 Å². The third kappa shape index (κ3) is 2.82. The number of carbonyl (C=O) groups excluding carboxylic acids is 1. The molecule has 1 aromatic carbocycles. The Kier molecular flexibility index (Phi) is 4.81. The van der Waals surface area contributed by atoms with Crippen LogP contribution in [0.2, 0.25) is 0 Å². The summed E-state index contributed by atoms with van der Waals surface area (Å²) in [5.74, 6) is 0.556. The summed E-state index contributed by atoms with van der Waals surface area (Å²) in [6.07, 6.45) is 0.912. The molecule has 0 amide bonds. The van der Waals surface area contributed by atoms with Gasteiger partial charge in [0, 0.05) is 5.88 Å². The summed E-state index contributed by atoms with van der Waals surface area (Å²) in [6.45, 7) is 3.67. The van der Waals surface area contributed by atoms with E-state index in [0.717, 1.165) is 17.5 Å². The summed E-state index contributed by atoms with van der Waals surface area (Å²) < 4.78 is 0. The molecule has 0 aliphatic heterocycles. The lowest BCUT2D eigenvalue weighted by Crippen LogP contribution is -2.07. The fourth-order valence-electron chi connectivity index (χ4n) is 1.62. The molecule has 0 saturated heterocycles. The van der Waals surface area contributed by atoms with Crippen LogP contribution in [0.3, 0.4) is 0 Å². The van der Waals surface area contributed by atoms with Gasteiger partial charge in [0.1, 0.15) is 5.78 Å². The van der Waals surface area contributed by atoms with Gasteiger partial charge in [0.2, 0.25) is 0 Å². The van der Waals surface area contributed by atoms with E-state index in [9.17, 15) is 4.79 Å². The van der Waals surface area contributed by atoms with Crippen LogP contribution in [-0.4, -0.2) is 5.78 Å². The zero-order valence-electron chi connectivity index (χ0n) is 8.89. The molecular formula is C12H14BrClO. The molecular weight excluding hydrogens is 275 g/mol. The second-order valence-corrected chi connectivity index (χ2v) is 4.63. The van der Waals surface area contributed by atoms with Gasteiger partial charge in [-0.15, -0.1) is 11.6 Å². The van der Waals surface area contributed by atoms with Crippen LogP contribution in [0.4, 0.5) is 0 Å². The van der Waals surface area contributed by atoms with Crippen molar-refractivity contribution in [2.24, 2.45) is 0 Å². The zero-order valence-corrected chi connectivity index (χ0v) is 11.2. The van der Waals surface area contributed by atoms with Crippen LogP contribution >= 0.6 is 27.5 Å². The average molecular weight is 290 g/mol. The molecule has 0 aromatic heterocycles. The number of Topliss-reactive ketones (excluding diaryl/α,β-unsaturated/α-hetero) is 1. The Labute approximate surface area is 104 Å². The molecule has 3 heteroatoms. The number of benzene rings is 1. The number of hydrogen-bond donors (Lipinski definition) is 0. The van der Waals surface area contributed by atoms with Gasteiger partial charge in [-0.05, 0) is 30.0 Å². The van der Waals surface area contributed by atoms with Crippen LogP contribution in [0, 0.1) is 0 Å². The third-order valence-electron chi connectivity index (χ3n) is 2.42. The standard InChI is InChI=1S/C12H14BrClO/c1-3-9-5-4-6-10(7-14)11(9)12(13)8(2)15/h4-6,12H,3,7H2,1-2H3. The van der Waals surface area contributed by atoms with Gasteiger partial charge < -0.3 is 0 Å². The molecule has 15 heavy (non-hydrogen) atoms. The van der Waals surface area contributed by atoms with Gasteiger partial charge in [-0.1, -0.05) is 41.1 Å². The van der Waals surface area contributed by atoms with E-state index >= 15 is 0 Å². The minimum absolute atomic E-state index is 0.113. The Morgan fingerprint density at radius 3 is 2.53 bits per heavy atom. The second-order valence-electron chi connectivity index (χ2n) is 3.45. The van der Waals surface area contributed by atoms with Crippen molar-refractivity contribution in [3.05, 3.63) is 34.9 Å². The predicted molar refractivity (Wildman–Crippen MR) is 67.7 cm³/mol. The number of ketones is 1. The van der Waals surface area contributed by atoms with Crippen molar-refractivity contribution in [3.63, 3.8) is 0 Å². The summed E-state index contributed by atoms with van der Waals surface area (Å²) in [6, 6.07) is 6.00. The van der Waals surface area contributed by atoms with Crippen LogP contribution in [0.1, 0.15) is 35.4 Å². The topological polar surface area (TPSA) is 17.1 Å². The summed E-state index contributed by atoms with van der Waals surface area (Å²) in [5.41, 5.74) is 3.26. The molecule has 82 valence electrons. The third-order valence-corrected chi connectivity index (χ3v) is 3.81. The van der Waals surface area contributed by atoms with Crippen molar-refractivity contribution in [2.45, 2.75) is 31.0 Å². The maximum absolute atomic E-state index is 11.4. The first-order valence-corrected chi connectivity index (χ1v) is 6.38. The fourth-order valence-corrected chi connectivity index (χ4v) is 2.44. The Bertz CT molecular complexity index is 340. The molecule has 0 radical (unpaired) electrons. The van der Waals surface area contributed by atoms with Gasteiger partial charge in [-0.2, -0.15) is 0 Å². The summed E-state index contributed by atoms with van der Waals surface area (Å²) >= 11 is 9.30. The summed E-state index contributed by atoms with van der Waals surface area (Å²) in [5, 5.41) is 0. The van der Waals surface area contributed by atoms with E-state index in [1.807, 2.05) is 18.2 Å². The van der Waals surface area contributed by atoms with Crippen molar-refractivity contribution in [1.82, 2.24) is 0 Å². The lowest BCUT2D eigenvalue weighted by molar-refractivity contribution is -0.116. The molecule has 0 N–H and O–H groups in total. The molecule has 1 nitrogen and oxygen atoms in total. The highest BCUT2D eigenvalue weighted by molar-refractivity contribution is 9.09. The van der Waals surface area contributed by atoms with E-state index in [-0.39, 0.29) is 10.6 Å². The van der Waals surface area contributed by atoms with Crippen molar-refractivity contribution < 1.29 is 4.79 Å². The second kappa shape index (κ2) is 5.66. The summed E-state index contributed by atoms with van der Waals surface area (Å²) in [4.78, 5) is 11.2. The molecule has 0 fully saturated rings. The van der Waals surface area contributed by atoms with E-state index in [0.29, 0.717) is 5.88 Å². The van der Waals surface area contributed by atoms with Gasteiger partial charge in [0.15, 0.2) is 0 Å². The van der Waals surface area contributed by atoms with Gasteiger partial charge >= 0.3 is 0 Å². The largest absolute Gasteiger partial charge is 0.298 e. The first-order chi connectivity index (χ1) is 7.11. The number of hydrogen-bond acceptors (Lipinski definition) is 1. The lowest BCUT2D eigenvalue weighted by Gasteiger charge is -2.15. The van der Waals surface area contributed by atoms with Gasteiger partial charge in [-0.3, -0.25) is 4.79 Å².